The maximum absolute atomic E-state index is 2.36. The third-order valence-electron chi connectivity index (χ3n) is 26.4. The molecule has 652 valence electrons. The van der Waals surface area contributed by atoms with E-state index in [0.29, 0.717) is 0 Å². The predicted molar refractivity (Wildman–Crippen MR) is 584 cm³/mol. The maximum atomic E-state index is 2.36. The second kappa shape index (κ2) is 38.1. The number of hydrogen-bond acceptors (Lipinski definition) is 3. The van der Waals surface area contributed by atoms with Crippen molar-refractivity contribution in [1.29, 1.82) is 0 Å². The number of anilines is 9. The summed E-state index contributed by atoms with van der Waals surface area (Å²) in [5.41, 5.74) is 37.8. The van der Waals surface area contributed by atoms with E-state index in [1.165, 1.54) is 155 Å². The Hall–Kier alpha value is -18.4. The Kier molecular flexibility index (Phi) is 23.2. The molecule has 6 heteroatoms. The first-order chi connectivity index (χ1) is 68.5. The Balaban J connectivity index is 0.000000116. The predicted octanol–water partition coefficient (Wildman–Crippen LogP) is 36.4. The maximum Gasteiger partial charge on any atom is 0.0541 e. The third-order valence-corrected chi connectivity index (χ3v) is 26.4. The highest BCUT2D eigenvalue weighted by Gasteiger charge is 2.22. The van der Waals surface area contributed by atoms with Gasteiger partial charge < -0.3 is 28.4 Å². The Morgan fingerprint density at radius 3 is 0.493 bits per heavy atom. The largest absolute Gasteiger partial charge is 0.311 e. The fourth-order valence-corrected chi connectivity index (χ4v) is 19.7. The molecule has 22 aromatic carbocycles. The SMILES string of the molecule is c1ccc(-c2ccc(N(c3ccc(-c4ccccc4)cc3)c3ccc(-c4ccc5c(c4)c4ccccc4n5-c4ccccc4)cc3)cc2)cc1.c1ccc(-c2ccc(N(c3ccccc3)c3ccc(-c4ccc(-n5c6ccccc6c6ccccc65)cc4)cc3)cc2)cc1.c1ccc(-c2ccc(N(c3ccccc3)c3ccc(-c4ccc5c(c4)c4ccccc4n5-c4ccccc4)cc3)cc2)cc1. The Bertz CT molecular complexity index is 8360. The van der Waals surface area contributed by atoms with Crippen LogP contribution in [0.3, 0.4) is 0 Å². The number of para-hydroxylation sites is 8. The summed E-state index contributed by atoms with van der Waals surface area (Å²) in [4.78, 5) is 6.96. The van der Waals surface area contributed by atoms with Gasteiger partial charge in [0, 0.05) is 101 Å². The molecule has 3 aromatic heterocycles. The lowest BCUT2D eigenvalue weighted by Crippen LogP contribution is -2.09. The molecule has 0 aliphatic rings. The summed E-state index contributed by atoms with van der Waals surface area (Å²) in [6.45, 7) is 0. The minimum atomic E-state index is 1.11. The highest BCUT2D eigenvalue weighted by molar-refractivity contribution is 6.13. The van der Waals surface area contributed by atoms with Crippen LogP contribution < -0.4 is 14.7 Å². The van der Waals surface area contributed by atoms with E-state index in [1.807, 2.05) is 0 Å². The van der Waals surface area contributed by atoms with Crippen molar-refractivity contribution in [3.63, 3.8) is 0 Å². The molecule has 0 fully saturated rings. The van der Waals surface area contributed by atoms with Gasteiger partial charge in [-0.05, 0) is 272 Å². The molecule has 0 bridgehead atoms. The molecule has 3 heterocycles. The van der Waals surface area contributed by atoms with Crippen LogP contribution in [0.4, 0.5) is 51.2 Å². The zero-order valence-electron chi connectivity index (χ0n) is 76.0. The molecule has 0 atom stereocenters. The zero-order valence-corrected chi connectivity index (χ0v) is 76.0. The minimum Gasteiger partial charge on any atom is -0.311 e. The number of fused-ring (bicyclic) bond motifs is 9. The van der Waals surface area contributed by atoms with Crippen LogP contribution >= 0.6 is 0 Å². The Labute approximate surface area is 804 Å². The summed E-state index contributed by atoms with van der Waals surface area (Å²) in [6.07, 6.45) is 0. The van der Waals surface area contributed by atoms with Crippen molar-refractivity contribution in [1.82, 2.24) is 13.7 Å². The van der Waals surface area contributed by atoms with Gasteiger partial charge in [0.2, 0.25) is 0 Å². The molecule has 0 unspecified atom stereocenters. The summed E-state index contributed by atoms with van der Waals surface area (Å²) >= 11 is 0. The van der Waals surface area contributed by atoms with Gasteiger partial charge in [0.15, 0.2) is 0 Å². The third kappa shape index (κ3) is 16.9. The molecule has 0 amide bonds. The van der Waals surface area contributed by atoms with E-state index in [0.717, 1.165) is 56.9 Å². The van der Waals surface area contributed by atoms with Gasteiger partial charge in [0.05, 0.1) is 33.1 Å². The van der Waals surface area contributed by atoms with E-state index >= 15 is 0 Å². The fraction of sp³-hybridized carbons (Fsp3) is 0. The topological polar surface area (TPSA) is 24.5 Å². The van der Waals surface area contributed by atoms with E-state index in [-0.39, 0.29) is 0 Å². The van der Waals surface area contributed by atoms with E-state index in [1.54, 1.807) is 0 Å². The minimum absolute atomic E-state index is 1.11. The lowest BCUT2D eigenvalue weighted by molar-refractivity contribution is 1.18. The lowest BCUT2D eigenvalue weighted by Gasteiger charge is -2.26. The van der Waals surface area contributed by atoms with E-state index < -0.39 is 0 Å². The highest BCUT2D eigenvalue weighted by atomic mass is 15.2. The molecule has 25 aromatic rings. The van der Waals surface area contributed by atoms with Gasteiger partial charge in [0.25, 0.3) is 0 Å². The van der Waals surface area contributed by atoms with Crippen LogP contribution in [0.25, 0.3) is 160 Å². The van der Waals surface area contributed by atoms with Crippen LogP contribution in [0.5, 0.6) is 0 Å². The first-order valence-electron chi connectivity index (χ1n) is 47.2. The molecule has 0 saturated heterocycles. The second-order valence-corrected chi connectivity index (χ2v) is 34.7. The van der Waals surface area contributed by atoms with Crippen molar-refractivity contribution < 1.29 is 0 Å². The molecule has 0 radical (unpaired) electrons. The van der Waals surface area contributed by atoms with Crippen LogP contribution in [0, 0.1) is 0 Å². The Morgan fingerprint density at radius 1 is 0.101 bits per heavy atom. The first kappa shape index (κ1) is 83.9. The smallest absolute Gasteiger partial charge is 0.0541 e. The molecule has 6 nitrogen and oxygen atoms in total. The van der Waals surface area contributed by atoms with Crippen molar-refractivity contribution in [3.8, 4) is 95.0 Å². The average molecular weight is 1760 g/mol. The second-order valence-electron chi connectivity index (χ2n) is 34.7. The van der Waals surface area contributed by atoms with E-state index in [2.05, 4.69) is 599 Å². The van der Waals surface area contributed by atoms with Crippen LogP contribution in [-0.2, 0) is 0 Å². The van der Waals surface area contributed by atoms with Gasteiger partial charge in [0.1, 0.15) is 0 Å². The quantitative estimate of drug-likeness (QED) is 0.0806. The standard InChI is InChI=1S/C48H34N2.2C42H30N2/c1-4-12-35(13-5-1)37-20-27-42(28-21-37)49(43-29-22-38(23-30-43)36-14-6-2-7-15-36)44-31-24-39(25-32-44)40-26-33-48-46(34-40)45-18-10-11-19-47(45)50(48)41-16-8-3-9-17-41;1-4-12-31(13-5-1)32-20-25-37(26-21-32)43(35-14-6-2-7-15-35)38-27-22-33(23-28-38)34-24-29-42-40(30-34)39-18-10-11-19-41(39)44(42)36-16-8-3-9-17-36;1-3-11-31(12-4-1)32-19-25-36(26-20-32)43(35-13-5-2-6-14-35)37-27-21-33(22-28-37)34-23-29-38(30-24-34)44-41-17-9-7-15-39(41)40-16-8-10-18-42(40)44/h1-34H;2*1-30H. The van der Waals surface area contributed by atoms with Crippen molar-refractivity contribution in [2.75, 3.05) is 14.7 Å². The van der Waals surface area contributed by atoms with E-state index in [4.69, 9.17) is 0 Å². The summed E-state index contributed by atoms with van der Waals surface area (Å²) in [7, 11) is 0. The van der Waals surface area contributed by atoms with Gasteiger partial charge in [-0.1, -0.05) is 376 Å². The van der Waals surface area contributed by atoms with Crippen LogP contribution in [-0.4, -0.2) is 13.7 Å². The number of benzene rings is 22. The van der Waals surface area contributed by atoms with Gasteiger partial charge in [-0.15, -0.1) is 0 Å². The molecule has 0 saturated carbocycles. The van der Waals surface area contributed by atoms with E-state index in [9.17, 15) is 0 Å². The molecular weight excluding hydrogens is 1670 g/mol. The summed E-state index contributed by atoms with van der Waals surface area (Å²) in [5.74, 6) is 0. The molecule has 0 aliphatic heterocycles. The lowest BCUT2D eigenvalue weighted by atomic mass is 10.0. The highest BCUT2D eigenvalue weighted by Crippen LogP contribution is 2.45. The molecule has 25 rings (SSSR count). The Morgan fingerprint density at radius 2 is 0.254 bits per heavy atom. The molecule has 138 heavy (non-hydrogen) atoms. The zero-order chi connectivity index (χ0) is 91.9. The van der Waals surface area contributed by atoms with Crippen molar-refractivity contribution >= 4 is 117 Å². The molecular formula is C132H94N6. The monoisotopic (exact) mass is 1760 g/mol. The van der Waals surface area contributed by atoms with Gasteiger partial charge in [-0.3, -0.25) is 0 Å². The number of aromatic nitrogens is 3. The van der Waals surface area contributed by atoms with Crippen LogP contribution in [0.2, 0.25) is 0 Å². The van der Waals surface area contributed by atoms with Gasteiger partial charge in [-0.25, -0.2) is 0 Å². The molecule has 0 spiro atoms. The fourth-order valence-electron chi connectivity index (χ4n) is 19.7. The first-order valence-corrected chi connectivity index (χ1v) is 47.2. The number of nitrogens with zero attached hydrogens (tertiary/aromatic N) is 6. The van der Waals surface area contributed by atoms with Crippen LogP contribution in [0.1, 0.15) is 0 Å². The van der Waals surface area contributed by atoms with Gasteiger partial charge in [-0.2, -0.15) is 0 Å². The average Bonchev–Trinajstić information content (AvgIpc) is 1.59. The molecule has 0 N–H and O–H groups in total. The van der Waals surface area contributed by atoms with Crippen LogP contribution in [0.15, 0.2) is 570 Å². The number of hydrogen-bond donors (Lipinski definition) is 0. The number of rotatable bonds is 19. The van der Waals surface area contributed by atoms with Crippen molar-refractivity contribution in [2.45, 2.75) is 0 Å². The summed E-state index contributed by atoms with van der Waals surface area (Å²) in [6, 6.07) is 204. The van der Waals surface area contributed by atoms with Gasteiger partial charge >= 0.3 is 0 Å². The normalized spacial score (nSPS) is 11.2. The van der Waals surface area contributed by atoms with Crippen molar-refractivity contribution in [2.24, 2.45) is 0 Å². The summed E-state index contributed by atoms with van der Waals surface area (Å²) in [5, 5.41) is 7.59. The molecule has 0 aliphatic carbocycles. The summed E-state index contributed by atoms with van der Waals surface area (Å²) < 4.78 is 7.08. The van der Waals surface area contributed by atoms with Crippen molar-refractivity contribution in [3.05, 3.63) is 570 Å².